The van der Waals surface area contributed by atoms with Gasteiger partial charge in [0.2, 0.25) is 5.91 Å². The summed E-state index contributed by atoms with van der Waals surface area (Å²) < 4.78 is 1.08. The molecule has 3 heteroatoms. The number of hydrogen-bond acceptors (Lipinski definition) is 1. The lowest BCUT2D eigenvalue weighted by atomic mass is 9.69. The van der Waals surface area contributed by atoms with Crippen molar-refractivity contribution in [3.05, 3.63) is 82.3 Å². The molecule has 0 N–H and O–H groups in total. The van der Waals surface area contributed by atoms with Gasteiger partial charge in [-0.25, -0.2) is 0 Å². The van der Waals surface area contributed by atoms with Crippen molar-refractivity contribution in [1.29, 1.82) is 0 Å². The van der Waals surface area contributed by atoms with Crippen LogP contribution < -0.4 is 0 Å². The molecule has 1 aliphatic carbocycles. The predicted octanol–water partition coefficient (Wildman–Crippen LogP) is 5.51. The van der Waals surface area contributed by atoms with E-state index in [2.05, 4.69) is 70.2 Å². The molecular formula is C22H22BrNO. The molecule has 2 nitrogen and oxygen atoms in total. The fourth-order valence-corrected chi connectivity index (χ4v) is 4.90. The average Bonchev–Trinajstić information content (AvgIpc) is 2.85. The Labute approximate surface area is 157 Å². The normalized spacial score (nSPS) is 28.2. The molecule has 25 heavy (non-hydrogen) atoms. The molecule has 2 aromatic rings. The maximum absolute atomic E-state index is 13.4. The topological polar surface area (TPSA) is 20.3 Å². The van der Waals surface area contributed by atoms with Crippen molar-refractivity contribution >= 4 is 21.8 Å². The van der Waals surface area contributed by atoms with Gasteiger partial charge in [0.1, 0.15) is 0 Å². The maximum Gasteiger partial charge on any atom is 0.230 e. The van der Waals surface area contributed by atoms with Gasteiger partial charge in [-0.15, -0.1) is 0 Å². The highest BCUT2D eigenvalue weighted by Crippen LogP contribution is 2.55. The number of likely N-dealkylation sites (tertiary alicyclic amines) is 1. The summed E-state index contributed by atoms with van der Waals surface area (Å²) >= 11 is 3.71. The molecule has 1 amide bonds. The monoisotopic (exact) mass is 395 g/mol. The van der Waals surface area contributed by atoms with Crippen LogP contribution in [0.3, 0.4) is 0 Å². The van der Waals surface area contributed by atoms with Crippen LogP contribution in [0.15, 0.2) is 71.2 Å². The number of carbonyl (C=O) groups excluding carboxylic acids is 1. The van der Waals surface area contributed by atoms with Crippen LogP contribution in [0.2, 0.25) is 0 Å². The van der Waals surface area contributed by atoms with Crippen LogP contribution in [0.25, 0.3) is 0 Å². The molecule has 0 aromatic heterocycles. The van der Waals surface area contributed by atoms with E-state index < -0.39 is 0 Å². The van der Waals surface area contributed by atoms with Crippen LogP contribution in [0.4, 0.5) is 0 Å². The van der Waals surface area contributed by atoms with Crippen LogP contribution in [-0.2, 0) is 11.3 Å². The highest BCUT2D eigenvalue weighted by atomic mass is 79.9. The molecule has 3 atom stereocenters. The minimum atomic E-state index is -0.302. The molecule has 0 spiro atoms. The zero-order chi connectivity index (χ0) is 17.4. The van der Waals surface area contributed by atoms with E-state index >= 15 is 0 Å². The molecule has 0 saturated carbocycles. The van der Waals surface area contributed by atoms with Crippen molar-refractivity contribution in [2.75, 3.05) is 0 Å². The zero-order valence-electron chi connectivity index (χ0n) is 14.4. The van der Waals surface area contributed by atoms with Crippen molar-refractivity contribution in [3.63, 3.8) is 0 Å². The number of allylic oxidation sites excluding steroid dienone is 1. The Morgan fingerprint density at radius 3 is 2.60 bits per heavy atom. The number of carbonyl (C=O) groups is 1. The molecule has 128 valence electrons. The van der Waals surface area contributed by atoms with Gasteiger partial charge in [-0.2, -0.15) is 0 Å². The number of amides is 1. The lowest BCUT2D eigenvalue weighted by molar-refractivity contribution is -0.137. The number of rotatable bonds is 3. The highest BCUT2D eigenvalue weighted by Gasteiger charge is 2.56. The number of hydrogen-bond donors (Lipinski definition) is 0. The molecule has 1 fully saturated rings. The largest absolute Gasteiger partial charge is 0.330 e. The van der Waals surface area contributed by atoms with Gasteiger partial charge in [0, 0.05) is 16.9 Å². The Kier molecular flexibility index (Phi) is 4.28. The first-order valence-corrected chi connectivity index (χ1v) is 9.66. The van der Waals surface area contributed by atoms with E-state index in [1.54, 1.807) is 0 Å². The first kappa shape index (κ1) is 16.6. The van der Waals surface area contributed by atoms with E-state index in [4.69, 9.17) is 0 Å². The summed E-state index contributed by atoms with van der Waals surface area (Å²) in [4.78, 5) is 15.5. The Hall–Kier alpha value is -1.87. The summed E-state index contributed by atoms with van der Waals surface area (Å²) in [5.74, 6) is 0.502. The molecular weight excluding hydrogens is 374 g/mol. The molecule has 0 radical (unpaired) electrons. The van der Waals surface area contributed by atoms with E-state index in [-0.39, 0.29) is 23.3 Å². The van der Waals surface area contributed by atoms with E-state index in [0.717, 1.165) is 17.3 Å². The van der Waals surface area contributed by atoms with Gasteiger partial charge in [0.15, 0.2) is 0 Å². The zero-order valence-corrected chi connectivity index (χ0v) is 15.9. The van der Waals surface area contributed by atoms with Gasteiger partial charge in [0.05, 0.1) is 11.5 Å². The summed E-state index contributed by atoms with van der Waals surface area (Å²) in [5, 5.41) is 0. The van der Waals surface area contributed by atoms with Gasteiger partial charge >= 0.3 is 0 Å². The Morgan fingerprint density at radius 1 is 1.12 bits per heavy atom. The van der Waals surface area contributed by atoms with E-state index in [1.165, 1.54) is 11.1 Å². The van der Waals surface area contributed by atoms with Crippen molar-refractivity contribution in [2.45, 2.75) is 32.4 Å². The smallest absolute Gasteiger partial charge is 0.230 e. The van der Waals surface area contributed by atoms with Gasteiger partial charge < -0.3 is 4.90 Å². The Morgan fingerprint density at radius 2 is 1.84 bits per heavy atom. The Bertz CT molecular complexity index is 816. The summed E-state index contributed by atoms with van der Waals surface area (Å²) in [6.07, 6.45) is 6.44. The second-order valence-corrected chi connectivity index (χ2v) is 8.15. The standard InChI is InChI=1S/C22H22BrNO/c1-22-14-8-7-12-18(22)20(17-11-5-6-13-19(17)23)24(21(22)25)15-16-9-3-2-4-10-16/h2-7,9-13,18,20H,8,14-15H2,1H3/t18-,20-,22+/m1/s1. The molecule has 2 aliphatic rings. The molecule has 1 aliphatic heterocycles. The highest BCUT2D eigenvalue weighted by molar-refractivity contribution is 9.10. The SMILES string of the molecule is C[C@]12CCC=C[C@@H]1[C@@H](c1ccccc1Br)N(Cc1ccccc1)C2=O. The summed E-state index contributed by atoms with van der Waals surface area (Å²) in [7, 11) is 0. The van der Waals surface area contributed by atoms with Crippen molar-refractivity contribution in [1.82, 2.24) is 4.90 Å². The number of fused-ring (bicyclic) bond motifs is 1. The molecule has 0 unspecified atom stereocenters. The third-order valence-corrected chi connectivity index (χ3v) is 6.48. The third-order valence-electron chi connectivity index (χ3n) is 5.75. The average molecular weight is 396 g/mol. The second-order valence-electron chi connectivity index (χ2n) is 7.30. The first-order valence-electron chi connectivity index (χ1n) is 8.87. The lowest BCUT2D eigenvalue weighted by Crippen LogP contribution is -2.34. The van der Waals surface area contributed by atoms with Crippen molar-refractivity contribution < 1.29 is 4.79 Å². The lowest BCUT2D eigenvalue weighted by Gasteiger charge is -2.32. The van der Waals surface area contributed by atoms with Crippen molar-refractivity contribution in [2.24, 2.45) is 11.3 Å². The third kappa shape index (κ3) is 2.75. The van der Waals surface area contributed by atoms with Gasteiger partial charge in [-0.3, -0.25) is 4.79 Å². The van der Waals surface area contributed by atoms with Crippen molar-refractivity contribution in [3.8, 4) is 0 Å². The fourth-order valence-electron chi connectivity index (χ4n) is 4.38. The first-order chi connectivity index (χ1) is 12.1. The molecule has 0 bridgehead atoms. The van der Waals surface area contributed by atoms with Crippen LogP contribution in [-0.4, -0.2) is 10.8 Å². The predicted molar refractivity (Wildman–Crippen MR) is 104 cm³/mol. The van der Waals surface area contributed by atoms with E-state index in [0.29, 0.717) is 6.54 Å². The van der Waals surface area contributed by atoms with Gasteiger partial charge in [0.25, 0.3) is 0 Å². The molecule has 2 aromatic carbocycles. The van der Waals surface area contributed by atoms with Gasteiger partial charge in [-0.05, 0) is 30.0 Å². The van der Waals surface area contributed by atoms with Crippen LogP contribution in [0.1, 0.15) is 36.9 Å². The summed E-state index contributed by atoms with van der Waals surface area (Å²) in [6, 6.07) is 18.7. The molecule has 4 rings (SSSR count). The number of nitrogens with zero attached hydrogens (tertiary/aromatic N) is 1. The number of halogens is 1. The van der Waals surface area contributed by atoms with Crippen LogP contribution in [0.5, 0.6) is 0 Å². The molecule has 1 saturated heterocycles. The quantitative estimate of drug-likeness (QED) is 0.627. The van der Waals surface area contributed by atoms with Crippen LogP contribution >= 0.6 is 15.9 Å². The van der Waals surface area contributed by atoms with Crippen LogP contribution in [0, 0.1) is 11.3 Å². The van der Waals surface area contributed by atoms with E-state index in [9.17, 15) is 4.79 Å². The fraction of sp³-hybridized carbons (Fsp3) is 0.318. The van der Waals surface area contributed by atoms with Gasteiger partial charge in [-0.1, -0.05) is 83.5 Å². The minimum absolute atomic E-state index is 0.0739. The number of benzene rings is 2. The maximum atomic E-state index is 13.4. The minimum Gasteiger partial charge on any atom is -0.330 e. The Balaban J connectivity index is 1.80. The van der Waals surface area contributed by atoms with E-state index in [1.807, 2.05) is 24.3 Å². The summed E-state index contributed by atoms with van der Waals surface area (Å²) in [5.41, 5.74) is 2.08. The second kappa shape index (κ2) is 6.45. The molecule has 1 heterocycles. The summed E-state index contributed by atoms with van der Waals surface area (Å²) in [6.45, 7) is 2.81.